The number of hydrogen-bond acceptors (Lipinski definition) is 7. The van der Waals surface area contributed by atoms with Gasteiger partial charge in [0.15, 0.2) is 0 Å². The summed E-state index contributed by atoms with van der Waals surface area (Å²) in [6, 6.07) is 0. The molecule has 0 saturated carbocycles. The van der Waals surface area contributed by atoms with Gasteiger partial charge in [0.05, 0.1) is 6.61 Å². The topological polar surface area (TPSA) is 129 Å². The van der Waals surface area contributed by atoms with Gasteiger partial charge in [-0.2, -0.15) is 12.9 Å². The van der Waals surface area contributed by atoms with Gasteiger partial charge in [-0.25, -0.2) is 13.7 Å². The quantitative estimate of drug-likeness (QED) is 0.559. The summed E-state index contributed by atoms with van der Waals surface area (Å²) < 4.78 is 50.3. The molecule has 1 fully saturated rings. The summed E-state index contributed by atoms with van der Waals surface area (Å²) >= 11 is 0. The first-order valence-corrected chi connectivity index (χ1v) is 9.67. The van der Waals surface area contributed by atoms with E-state index in [1.807, 2.05) is 6.92 Å². The average molecular weight is 324 g/mol. The van der Waals surface area contributed by atoms with Crippen molar-refractivity contribution in [1.82, 2.24) is 0 Å². The van der Waals surface area contributed by atoms with E-state index in [9.17, 15) is 13.7 Å². The molecule has 18 heavy (non-hydrogen) atoms. The first-order chi connectivity index (χ1) is 8.18. The molecule has 0 aromatic carbocycles. The van der Waals surface area contributed by atoms with E-state index in [1.54, 1.807) is 0 Å². The van der Waals surface area contributed by atoms with Crippen LogP contribution in [0.25, 0.3) is 0 Å². The molecule has 1 aliphatic heterocycles. The molecule has 9 nitrogen and oxygen atoms in total. The molecule has 2 atom stereocenters. The Morgan fingerprint density at radius 2 is 1.50 bits per heavy atom. The predicted octanol–water partition coefficient (Wildman–Crippen LogP) is 2.96. The number of rotatable bonds is 6. The van der Waals surface area contributed by atoms with Crippen molar-refractivity contribution in [2.24, 2.45) is 0 Å². The fourth-order valence-electron chi connectivity index (χ4n) is 1.18. The first-order valence-electron chi connectivity index (χ1n) is 5.22. The molecule has 1 aliphatic rings. The van der Waals surface area contributed by atoms with Gasteiger partial charge in [-0.1, -0.05) is 26.2 Å². The van der Waals surface area contributed by atoms with Crippen LogP contribution in [-0.2, 0) is 31.2 Å². The molecule has 108 valence electrons. The maximum atomic E-state index is 11.7. The number of phosphoric acid groups is 3. The number of unbranched alkanes of at least 4 members (excludes halogenated alkanes) is 3. The lowest BCUT2D eigenvalue weighted by Gasteiger charge is -2.26. The second-order valence-electron chi connectivity index (χ2n) is 3.52. The molecule has 1 heterocycles. The van der Waals surface area contributed by atoms with Crippen LogP contribution < -0.4 is 0 Å². The average Bonchev–Trinajstić information content (AvgIpc) is 2.11. The van der Waals surface area contributed by atoms with Gasteiger partial charge in [-0.3, -0.25) is 4.52 Å². The van der Waals surface area contributed by atoms with Crippen LogP contribution in [0.3, 0.4) is 0 Å². The highest BCUT2D eigenvalue weighted by Gasteiger charge is 2.54. The Bertz CT molecular complexity index is 393. The van der Waals surface area contributed by atoms with Crippen molar-refractivity contribution in [1.29, 1.82) is 0 Å². The second-order valence-corrected chi connectivity index (χ2v) is 8.51. The molecule has 1 rings (SSSR count). The van der Waals surface area contributed by atoms with E-state index in [0.29, 0.717) is 6.42 Å². The van der Waals surface area contributed by atoms with Crippen molar-refractivity contribution >= 4 is 23.5 Å². The summed E-state index contributed by atoms with van der Waals surface area (Å²) in [6.07, 6.45) is 3.23. The molecule has 0 bridgehead atoms. The van der Waals surface area contributed by atoms with Gasteiger partial charge in [0, 0.05) is 0 Å². The summed E-state index contributed by atoms with van der Waals surface area (Å²) in [7, 11) is -14.4. The zero-order valence-electron chi connectivity index (χ0n) is 9.63. The van der Waals surface area contributed by atoms with Crippen LogP contribution in [0.4, 0.5) is 0 Å². The third-order valence-electron chi connectivity index (χ3n) is 1.86. The fourth-order valence-corrected chi connectivity index (χ4v) is 6.14. The molecule has 0 aromatic rings. The summed E-state index contributed by atoms with van der Waals surface area (Å²) in [5, 5.41) is 0. The first kappa shape index (κ1) is 16.5. The smallest absolute Gasteiger partial charge is 0.302 e. The minimum Gasteiger partial charge on any atom is -0.302 e. The van der Waals surface area contributed by atoms with E-state index in [0.717, 1.165) is 19.3 Å². The highest BCUT2D eigenvalue weighted by atomic mass is 31.3. The predicted molar refractivity (Wildman–Crippen MR) is 60.6 cm³/mol. The van der Waals surface area contributed by atoms with Gasteiger partial charge in [0.1, 0.15) is 0 Å². The van der Waals surface area contributed by atoms with Crippen LogP contribution in [0.2, 0.25) is 0 Å². The summed E-state index contributed by atoms with van der Waals surface area (Å²) in [5.41, 5.74) is 0. The maximum absolute atomic E-state index is 11.7. The van der Waals surface area contributed by atoms with Gasteiger partial charge in [0.25, 0.3) is 0 Å². The van der Waals surface area contributed by atoms with Crippen molar-refractivity contribution < 1.29 is 40.9 Å². The third-order valence-corrected chi connectivity index (χ3v) is 7.26. The van der Waals surface area contributed by atoms with Crippen LogP contribution in [0, 0.1) is 0 Å². The van der Waals surface area contributed by atoms with Crippen molar-refractivity contribution in [3.8, 4) is 0 Å². The van der Waals surface area contributed by atoms with Crippen LogP contribution in [0.1, 0.15) is 32.6 Å². The molecule has 2 unspecified atom stereocenters. The summed E-state index contributed by atoms with van der Waals surface area (Å²) in [6.45, 7) is 1.91. The van der Waals surface area contributed by atoms with Crippen molar-refractivity contribution in [2.75, 3.05) is 6.61 Å². The van der Waals surface area contributed by atoms with E-state index in [2.05, 4.69) is 17.5 Å². The normalized spacial score (nSPS) is 40.8. The van der Waals surface area contributed by atoms with Gasteiger partial charge in [-0.15, -0.1) is 0 Å². The molecule has 12 heteroatoms. The Labute approximate surface area is 104 Å². The minimum absolute atomic E-state index is 0.0860. The molecule has 0 aromatic heterocycles. The van der Waals surface area contributed by atoms with Gasteiger partial charge in [0.2, 0.25) is 0 Å². The molecular formula is C6H15O9P3. The standard InChI is InChI=1S/C6H15O9P3/c1-2-3-4-5-6-12-18(11)14-16(7,8)13-17(9,10)15-18/h2-6H2,1H3,(H,7,8)(H,9,10). The van der Waals surface area contributed by atoms with Gasteiger partial charge < -0.3 is 9.79 Å². The van der Waals surface area contributed by atoms with Crippen LogP contribution in [-0.4, -0.2) is 16.4 Å². The Morgan fingerprint density at radius 1 is 0.944 bits per heavy atom. The Hall–Kier alpha value is 0.450. The zero-order chi connectivity index (χ0) is 13.9. The van der Waals surface area contributed by atoms with E-state index in [-0.39, 0.29) is 6.61 Å². The Balaban J connectivity index is 2.54. The third kappa shape index (κ3) is 5.61. The van der Waals surface area contributed by atoms with Crippen LogP contribution >= 0.6 is 23.5 Å². The highest BCUT2D eigenvalue weighted by molar-refractivity contribution is 7.74. The monoisotopic (exact) mass is 324 g/mol. The Kier molecular flexibility index (Phi) is 5.75. The molecule has 0 aliphatic carbocycles. The highest BCUT2D eigenvalue weighted by Crippen LogP contribution is 2.79. The van der Waals surface area contributed by atoms with E-state index in [4.69, 9.17) is 9.79 Å². The zero-order valence-corrected chi connectivity index (χ0v) is 12.3. The fraction of sp³-hybridized carbons (Fsp3) is 1.00. The molecule has 1 saturated heterocycles. The van der Waals surface area contributed by atoms with Gasteiger partial charge in [-0.05, 0) is 6.42 Å². The molecule has 0 spiro atoms. The van der Waals surface area contributed by atoms with E-state index < -0.39 is 23.5 Å². The SMILES string of the molecule is CCCCCCOP1(=O)OP(=O)(O)OP(=O)(O)O1. The summed E-state index contributed by atoms with van der Waals surface area (Å²) in [5.74, 6) is 0. The van der Waals surface area contributed by atoms with Crippen molar-refractivity contribution in [3.05, 3.63) is 0 Å². The van der Waals surface area contributed by atoms with E-state index in [1.165, 1.54) is 0 Å². The minimum atomic E-state index is -4.92. The largest absolute Gasteiger partial charge is 0.492 e. The van der Waals surface area contributed by atoms with Crippen LogP contribution in [0.5, 0.6) is 0 Å². The van der Waals surface area contributed by atoms with E-state index >= 15 is 0 Å². The maximum Gasteiger partial charge on any atom is 0.492 e. The lowest BCUT2D eigenvalue weighted by Crippen LogP contribution is -2.06. The lowest BCUT2D eigenvalue weighted by atomic mass is 10.2. The molecular weight excluding hydrogens is 309 g/mol. The second kappa shape index (κ2) is 6.27. The van der Waals surface area contributed by atoms with Crippen molar-refractivity contribution in [3.63, 3.8) is 0 Å². The Morgan fingerprint density at radius 3 is 2.00 bits per heavy atom. The molecule has 2 N–H and O–H groups in total. The molecule has 0 amide bonds. The van der Waals surface area contributed by atoms with Crippen molar-refractivity contribution in [2.45, 2.75) is 32.6 Å². The summed E-state index contributed by atoms with van der Waals surface area (Å²) in [4.78, 5) is 17.9. The lowest BCUT2D eigenvalue weighted by molar-refractivity contribution is 0.135. The van der Waals surface area contributed by atoms with Gasteiger partial charge >= 0.3 is 23.5 Å². The number of hydrogen-bond donors (Lipinski definition) is 2. The molecule has 0 radical (unpaired) electrons. The van der Waals surface area contributed by atoms with Crippen LogP contribution in [0.15, 0.2) is 0 Å².